The number of carbonyl (C=O) groups is 5. The number of ether oxygens (including phenoxy) is 2. The number of allylic oxidation sites excluding steroid dienone is 5. The number of esters is 1. The summed E-state index contributed by atoms with van der Waals surface area (Å²) in [6, 6.07) is 3.04. The molecule has 2 saturated heterocycles. The lowest BCUT2D eigenvalue weighted by Crippen LogP contribution is -2.64. The van der Waals surface area contributed by atoms with Crippen molar-refractivity contribution in [1.29, 1.82) is 0 Å². The van der Waals surface area contributed by atoms with E-state index in [0.29, 0.717) is 49.8 Å². The van der Waals surface area contributed by atoms with Gasteiger partial charge < -0.3 is 50.6 Å². The number of Topliss-reactive ketones (excluding diaryl/α,β-unsaturated/α-hetero) is 1. The zero-order valence-corrected chi connectivity index (χ0v) is 47.8. The van der Waals surface area contributed by atoms with Gasteiger partial charge in [0.1, 0.15) is 23.7 Å². The minimum Gasteiger partial charge on any atom is -0.508 e. The van der Waals surface area contributed by atoms with Crippen molar-refractivity contribution in [3.05, 3.63) is 89.1 Å². The SMILES string of the molecule is CCC1CC(C)C2(NC1=O)OC(CC(O)C(C)CCC=CC=C(C)C1CC=CC=CC(O)C(C)C(O)C(CCC(C)=O)C(=O)NC(C(C)C)CNC(Cc3ccc(C)c(O)c3)C(=O)N3CCCC(N3)C(=O)O1)C(C)C=C2C. The third kappa shape index (κ3) is 17.3. The molecule has 0 aliphatic carbocycles. The number of nitrogens with zero attached hydrogens (tertiary/aromatic N) is 1. The van der Waals surface area contributed by atoms with Crippen LogP contribution < -0.4 is 21.4 Å². The molecule has 15 unspecified atom stereocenters. The highest BCUT2D eigenvalue weighted by Gasteiger charge is 2.51. The molecule has 8 N–H and O–H groups in total. The second-order valence-corrected chi connectivity index (χ2v) is 23.1. The number of phenols is 1. The number of phenolic OH excluding ortho intramolecular Hbond substituents is 1. The molecule has 4 heterocycles. The molecule has 77 heavy (non-hydrogen) atoms. The van der Waals surface area contributed by atoms with Crippen LogP contribution in [-0.2, 0) is 39.9 Å². The van der Waals surface area contributed by atoms with Crippen LogP contribution in [0.15, 0.2) is 78.0 Å². The lowest BCUT2D eigenvalue weighted by atomic mass is 9.75. The van der Waals surface area contributed by atoms with Crippen molar-refractivity contribution < 1.29 is 53.9 Å². The Morgan fingerprint density at radius 1 is 1.03 bits per heavy atom. The Labute approximate surface area is 458 Å². The van der Waals surface area contributed by atoms with Crippen molar-refractivity contribution in [2.75, 3.05) is 13.1 Å². The molecule has 5 rings (SSSR count). The molecular formula is C61H93N5O11. The van der Waals surface area contributed by atoms with Crippen LogP contribution in [0.1, 0.15) is 145 Å². The third-order valence-corrected chi connectivity index (χ3v) is 16.7. The van der Waals surface area contributed by atoms with Crippen molar-refractivity contribution in [2.45, 2.75) is 201 Å². The second kappa shape index (κ2) is 29.3. The molecule has 1 aromatic carbocycles. The van der Waals surface area contributed by atoms with Gasteiger partial charge in [-0.05, 0) is 119 Å². The minimum atomic E-state index is -1.31. The summed E-state index contributed by atoms with van der Waals surface area (Å²) >= 11 is 0. The van der Waals surface area contributed by atoms with Gasteiger partial charge >= 0.3 is 5.97 Å². The maximum atomic E-state index is 14.6. The van der Waals surface area contributed by atoms with E-state index >= 15 is 0 Å². The first-order chi connectivity index (χ1) is 36.5. The van der Waals surface area contributed by atoms with Gasteiger partial charge in [0.2, 0.25) is 11.8 Å². The number of hydrazine groups is 1. The van der Waals surface area contributed by atoms with Gasteiger partial charge in [0.05, 0.1) is 36.4 Å². The van der Waals surface area contributed by atoms with Gasteiger partial charge in [-0.15, -0.1) is 0 Å². The summed E-state index contributed by atoms with van der Waals surface area (Å²) in [6.45, 7) is 21.4. The molecule has 428 valence electrons. The number of rotatable bonds is 15. The summed E-state index contributed by atoms with van der Waals surface area (Å²) in [5, 5.41) is 56.1. The van der Waals surface area contributed by atoms with E-state index in [2.05, 4.69) is 41.3 Å². The number of cyclic esters (lactones) is 1. The Balaban J connectivity index is 1.34. The maximum absolute atomic E-state index is 14.6. The zero-order valence-electron chi connectivity index (χ0n) is 47.8. The lowest BCUT2D eigenvalue weighted by Gasteiger charge is -2.51. The summed E-state index contributed by atoms with van der Waals surface area (Å²) in [5.41, 5.74) is 5.45. The Morgan fingerprint density at radius 2 is 1.77 bits per heavy atom. The molecule has 15 atom stereocenters. The highest BCUT2D eigenvalue weighted by Crippen LogP contribution is 2.43. The predicted molar refractivity (Wildman–Crippen MR) is 298 cm³/mol. The highest BCUT2D eigenvalue weighted by molar-refractivity contribution is 5.84. The lowest BCUT2D eigenvalue weighted by molar-refractivity contribution is -0.179. The number of carbonyl (C=O) groups excluding carboxylic acids is 5. The standard InChI is InChI=1S/C61H93N5O11/c1-12-46-31-42(9)61(64-57(46)72)41(8)30-40(7)55(77-61)34-53(70)37(4)20-15-13-16-21-39(6)54-24-18-14-17-23-51(68)44(11)56(71)47(28-26-43(10)67)58(73)63-50(36(2)3)35-62-49(32-45-27-25-38(5)52(69)33-45)59(74)66-29-19-22-48(65-66)60(75)76-54/h13-14,16-18,21,23,25,27,30,33,36-37,40,42,44,46-51,53-56,62,65,68-71H,12,15,19-20,22,24,26,28-29,31-32,34-35H2,1-11H3,(H,63,73)(H,64,72). The molecular weight excluding hydrogens is 979 g/mol. The number of nitrogens with one attached hydrogen (secondary N) is 4. The molecule has 1 spiro atoms. The summed E-state index contributed by atoms with van der Waals surface area (Å²) in [5.74, 6) is -3.22. The fraction of sp³-hybridized carbons (Fsp3) is 0.656. The largest absolute Gasteiger partial charge is 0.508 e. The second-order valence-electron chi connectivity index (χ2n) is 23.1. The third-order valence-electron chi connectivity index (χ3n) is 16.7. The van der Waals surface area contributed by atoms with Crippen LogP contribution in [0, 0.1) is 48.3 Å². The van der Waals surface area contributed by atoms with E-state index in [1.165, 1.54) is 18.0 Å². The van der Waals surface area contributed by atoms with Gasteiger partial charge in [-0.2, -0.15) is 0 Å². The average Bonchev–Trinajstić information content (AvgIpc) is 3.39. The van der Waals surface area contributed by atoms with Crippen molar-refractivity contribution in [2.24, 2.45) is 41.4 Å². The van der Waals surface area contributed by atoms with Crippen LogP contribution in [0.2, 0.25) is 0 Å². The van der Waals surface area contributed by atoms with Crippen molar-refractivity contribution >= 4 is 29.5 Å². The van der Waals surface area contributed by atoms with Gasteiger partial charge in [-0.3, -0.25) is 24.2 Å². The summed E-state index contributed by atoms with van der Waals surface area (Å²) in [6.07, 6.45) is 15.6. The fourth-order valence-electron chi connectivity index (χ4n) is 11.0. The van der Waals surface area contributed by atoms with E-state index in [1.807, 2.05) is 71.9 Å². The fourth-order valence-corrected chi connectivity index (χ4v) is 11.0. The van der Waals surface area contributed by atoms with E-state index in [0.717, 1.165) is 24.0 Å². The topological polar surface area (TPSA) is 236 Å². The van der Waals surface area contributed by atoms with Crippen LogP contribution in [0.25, 0.3) is 0 Å². The van der Waals surface area contributed by atoms with Crippen LogP contribution in [-0.4, -0.2) is 122 Å². The monoisotopic (exact) mass is 1070 g/mol. The number of aromatic hydroxyl groups is 1. The molecule has 4 aliphatic heterocycles. The molecule has 3 amide bonds. The van der Waals surface area contributed by atoms with Gasteiger partial charge in [0, 0.05) is 62.1 Å². The molecule has 16 nitrogen and oxygen atoms in total. The Hall–Kier alpha value is -4.97. The van der Waals surface area contributed by atoms with Crippen LogP contribution in [0.3, 0.4) is 0 Å². The van der Waals surface area contributed by atoms with Crippen molar-refractivity contribution in [1.82, 2.24) is 26.4 Å². The Kier molecular flexibility index (Phi) is 23.9. The number of hydrogen-bond acceptors (Lipinski definition) is 13. The van der Waals surface area contributed by atoms with Crippen LogP contribution in [0.5, 0.6) is 5.75 Å². The molecule has 0 aromatic heterocycles. The first-order valence-corrected chi connectivity index (χ1v) is 28.4. The highest BCUT2D eigenvalue weighted by atomic mass is 16.5. The van der Waals surface area contributed by atoms with E-state index in [-0.39, 0.29) is 91.3 Å². The summed E-state index contributed by atoms with van der Waals surface area (Å²) < 4.78 is 13.0. The first-order valence-electron chi connectivity index (χ1n) is 28.4. The number of amides is 3. The van der Waals surface area contributed by atoms with E-state index in [1.54, 1.807) is 38.1 Å². The average molecular weight is 1070 g/mol. The number of aryl methyl sites for hydroxylation is 1. The van der Waals surface area contributed by atoms with Gasteiger partial charge in [0.15, 0.2) is 5.72 Å². The molecule has 2 fully saturated rings. The number of hydrogen-bond donors (Lipinski definition) is 8. The molecule has 0 radical (unpaired) electrons. The maximum Gasteiger partial charge on any atom is 0.325 e. The Morgan fingerprint density at radius 3 is 2.45 bits per heavy atom. The molecule has 1 aromatic rings. The molecule has 4 aliphatic rings. The van der Waals surface area contributed by atoms with Crippen molar-refractivity contribution in [3.63, 3.8) is 0 Å². The predicted octanol–water partition coefficient (Wildman–Crippen LogP) is 7.14. The smallest absolute Gasteiger partial charge is 0.325 e. The first kappa shape index (κ1) is 62.9. The van der Waals surface area contributed by atoms with Crippen LogP contribution >= 0.6 is 0 Å². The normalized spacial score (nSPS) is 32.5. The zero-order chi connectivity index (χ0) is 56.7. The van der Waals surface area contributed by atoms with E-state index in [9.17, 15) is 44.4 Å². The quantitative estimate of drug-likeness (QED) is 0.0496. The molecule has 0 saturated carbocycles. The summed E-state index contributed by atoms with van der Waals surface area (Å²) in [7, 11) is 0. The van der Waals surface area contributed by atoms with E-state index in [4.69, 9.17) is 9.47 Å². The van der Waals surface area contributed by atoms with Crippen LogP contribution in [0.4, 0.5) is 0 Å². The number of aliphatic hydroxyl groups excluding tert-OH is 3. The summed E-state index contributed by atoms with van der Waals surface area (Å²) in [4.78, 5) is 68.0. The van der Waals surface area contributed by atoms with Gasteiger partial charge in [0.25, 0.3) is 5.91 Å². The number of aliphatic hydroxyl groups is 3. The van der Waals surface area contributed by atoms with Gasteiger partial charge in [-0.25, -0.2) is 5.43 Å². The van der Waals surface area contributed by atoms with Gasteiger partial charge in [-0.1, -0.05) is 109 Å². The van der Waals surface area contributed by atoms with Crippen molar-refractivity contribution in [3.8, 4) is 5.75 Å². The van der Waals surface area contributed by atoms with E-state index < -0.39 is 72.0 Å². The Bertz CT molecular complexity index is 2330. The number of benzene rings is 1. The number of fused-ring (bicyclic) bond motifs is 2. The molecule has 2 bridgehead atoms. The molecule has 16 heteroatoms. The number of ketones is 1. The minimum absolute atomic E-state index is 0.0172. The number of piperidine rings is 1.